The molecule has 0 N–H and O–H groups in total. The minimum absolute atomic E-state index is 0.295. The molecule has 2 aromatic carbocycles. The van der Waals surface area contributed by atoms with Gasteiger partial charge >= 0.3 is 12.2 Å². The Labute approximate surface area is 278 Å². The van der Waals surface area contributed by atoms with Crippen molar-refractivity contribution in [3.05, 3.63) is 50.0 Å². The van der Waals surface area contributed by atoms with Crippen LogP contribution in [0.5, 0.6) is 17.2 Å². The van der Waals surface area contributed by atoms with Crippen molar-refractivity contribution in [1.29, 1.82) is 0 Å². The summed E-state index contributed by atoms with van der Waals surface area (Å²) in [5.74, 6) is 1.80. The molecule has 0 aliphatic carbocycles. The second-order valence-electron chi connectivity index (χ2n) is 13.3. The zero-order valence-corrected chi connectivity index (χ0v) is 29.8. The quantitative estimate of drug-likeness (QED) is 0.325. The Morgan fingerprint density at radius 3 is 1.71 bits per heavy atom. The van der Waals surface area contributed by atoms with Crippen molar-refractivity contribution in [3.63, 3.8) is 0 Å². The summed E-state index contributed by atoms with van der Waals surface area (Å²) in [4.78, 5) is 28.1. The van der Waals surface area contributed by atoms with Gasteiger partial charge in [-0.15, -0.1) is 0 Å². The van der Waals surface area contributed by atoms with E-state index in [2.05, 4.69) is 6.07 Å². The number of methoxy groups -OCH3 is 3. The molecule has 2 heterocycles. The van der Waals surface area contributed by atoms with E-state index in [-0.39, 0.29) is 12.2 Å². The van der Waals surface area contributed by atoms with Crippen LogP contribution in [0.4, 0.5) is 9.59 Å². The summed E-state index contributed by atoms with van der Waals surface area (Å²) in [5, 5.41) is 1.17. The molecule has 0 radical (unpaired) electrons. The highest BCUT2D eigenvalue weighted by Crippen LogP contribution is 2.41. The molecule has 11 heteroatoms. The number of hydrogen-bond donors (Lipinski definition) is 0. The van der Waals surface area contributed by atoms with E-state index in [0.29, 0.717) is 53.5 Å². The number of carbonyl (C=O) groups is 2. The van der Waals surface area contributed by atoms with Crippen LogP contribution in [-0.2, 0) is 35.4 Å². The first kappa shape index (κ1) is 36.4. The van der Waals surface area contributed by atoms with Gasteiger partial charge in [0.1, 0.15) is 17.0 Å². The minimum Gasteiger partial charge on any atom is -0.495 e. The fourth-order valence-corrected chi connectivity index (χ4v) is 6.18. The molecule has 2 aliphatic rings. The van der Waals surface area contributed by atoms with Crippen LogP contribution in [0.3, 0.4) is 0 Å². The lowest BCUT2D eigenvalue weighted by Gasteiger charge is -2.27. The number of aryl methyl sites for hydroxylation is 2. The maximum absolute atomic E-state index is 12.4. The lowest BCUT2D eigenvalue weighted by Crippen LogP contribution is -2.36. The van der Waals surface area contributed by atoms with Crippen LogP contribution in [0, 0.1) is 6.92 Å². The highest BCUT2D eigenvalue weighted by Gasteiger charge is 2.29. The van der Waals surface area contributed by atoms with Gasteiger partial charge in [-0.05, 0) is 108 Å². The van der Waals surface area contributed by atoms with E-state index in [1.165, 1.54) is 5.56 Å². The zero-order valence-electron chi connectivity index (χ0n) is 28.3. The van der Waals surface area contributed by atoms with Crippen molar-refractivity contribution in [2.24, 2.45) is 0 Å². The third-order valence-electron chi connectivity index (χ3n) is 7.35. The van der Waals surface area contributed by atoms with Gasteiger partial charge in [-0.1, -0.05) is 29.3 Å². The SMILES string of the molecule is COc1c(C)cc2c(c1Cl)CN(C(=O)OC(C)(C)C)CCC2.COc1cc2c(c(Cl)c1OC)CCCN(C(=O)OC(C)(C)C)C2. The Morgan fingerprint density at radius 2 is 1.20 bits per heavy atom. The Hall–Kier alpha value is -3.04. The Bertz CT molecular complexity index is 1380. The van der Waals surface area contributed by atoms with Gasteiger partial charge in [-0.3, -0.25) is 0 Å². The summed E-state index contributed by atoms with van der Waals surface area (Å²) in [6, 6.07) is 4.00. The second-order valence-corrected chi connectivity index (χ2v) is 14.0. The number of nitrogens with zero attached hydrogens (tertiary/aromatic N) is 2. The van der Waals surface area contributed by atoms with Gasteiger partial charge in [0, 0.05) is 19.6 Å². The van der Waals surface area contributed by atoms with Gasteiger partial charge in [-0.2, -0.15) is 0 Å². The third-order valence-corrected chi connectivity index (χ3v) is 8.15. The third kappa shape index (κ3) is 9.49. The number of amides is 2. The molecule has 0 aromatic heterocycles. The first-order valence-corrected chi connectivity index (χ1v) is 16.0. The molecule has 45 heavy (non-hydrogen) atoms. The fourth-order valence-electron chi connectivity index (χ4n) is 5.39. The number of rotatable bonds is 3. The number of benzene rings is 2. The molecule has 4 rings (SSSR count). The molecule has 0 atom stereocenters. The van der Waals surface area contributed by atoms with Crippen LogP contribution < -0.4 is 14.2 Å². The molecule has 0 unspecified atom stereocenters. The molecule has 0 spiro atoms. The number of ether oxygens (including phenoxy) is 5. The van der Waals surface area contributed by atoms with Crippen LogP contribution in [-0.4, -0.2) is 67.6 Å². The molecule has 0 fully saturated rings. The summed E-state index contributed by atoms with van der Waals surface area (Å²) < 4.78 is 27.1. The van der Waals surface area contributed by atoms with Gasteiger partial charge < -0.3 is 33.5 Å². The summed E-state index contributed by atoms with van der Waals surface area (Å²) in [5.41, 5.74) is 4.15. The second kappa shape index (κ2) is 15.0. The van der Waals surface area contributed by atoms with Crippen molar-refractivity contribution in [3.8, 4) is 17.2 Å². The average Bonchev–Trinajstić information content (AvgIpc) is 3.28. The normalized spacial score (nSPS) is 14.9. The number of carbonyl (C=O) groups excluding carboxylic acids is 2. The molecular weight excluding hydrogens is 619 g/mol. The van der Waals surface area contributed by atoms with E-state index in [4.69, 9.17) is 46.9 Å². The molecule has 2 aromatic rings. The van der Waals surface area contributed by atoms with Crippen LogP contribution in [0.25, 0.3) is 0 Å². The molecule has 2 aliphatic heterocycles. The molecule has 0 saturated heterocycles. The van der Waals surface area contributed by atoms with E-state index in [1.807, 2.05) is 54.5 Å². The fraction of sp³-hybridized carbons (Fsp3) is 0.588. The summed E-state index contributed by atoms with van der Waals surface area (Å²) in [6.45, 7) is 15.4. The molecular formula is C34H48Cl2N2O7. The van der Waals surface area contributed by atoms with Gasteiger partial charge in [0.15, 0.2) is 11.5 Å². The minimum atomic E-state index is -0.512. The summed E-state index contributed by atoms with van der Waals surface area (Å²) in [6.07, 6.45) is 2.80. The zero-order chi connectivity index (χ0) is 33.7. The van der Waals surface area contributed by atoms with Gasteiger partial charge in [-0.25, -0.2) is 9.59 Å². The van der Waals surface area contributed by atoms with E-state index in [0.717, 1.165) is 47.9 Å². The molecule has 9 nitrogen and oxygen atoms in total. The number of hydrogen-bond acceptors (Lipinski definition) is 7. The summed E-state index contributed by atoms with van der Waals surface area (Å²) >= 11 is 13.0. The van der Waals surface area contributed by atoms with Crippen LogP contribution in [0.2, 0.25) is 10.0 Å². The van der Waals surface area contributed by atoms with Gasteiger partial charge in [0.2, 0.25) is 0 Å². The Kier molecular flexibility index (Phi) is 12.2. The molecule has 2 amide bonds. The highest BCUT2D eigenvalue weighted by atomic mass is 35.5. The molecule has 0 bridgehead atoms. The van der Waals surface area contributed by atoms with E-state index in [1.54, 1.807) is 31.1 Å². The lowest BCUT2D eigenvalue weighted by atomic mass is 10.0. The maximum Gasteiger partial charge on any atom is 0.410 e. The van der Waals surface area contributed by atoms with Gasteiger partial charge in [0.25, 0.3) is 0 Å². The monoisotopic (exact) mass is 666 g/mol. The van der Waals surface area contributed by atoms with E-state index < -0.39 is 11.2 Å². The highest BCUT2D eigenvalue weighted by molar-refractivity contribution is 6.33. The topological polar surface area (TPSA) is 86.8 Å². The Balaban J connectivity index is 0.000000246. The van der Waals surface area contributed by atoms with Crippen LogP contribution >= 0.6 is 23.2 Å². The number of halogens is 2. The van der Waals surface area contributed by atoms with Crippen LogP contribution in [0.15, 0.2) is 12.1 Å². The summed E-state index contributed by atoms with van der Waals surface area (Å²) in [7, 11) is 4.76. The van der Waals surface area contributed by atoms with Crippen molar-refractivity contribution in [2.45, 2.75) is 98.4 Å². The predicted molar refractivity (Wildman–Crippen MR) is 177 cm³/mol. The van der Waals surface area contributed by atoms with Gasteiger partial charge in [0.05, 0.1) is 37.9 Å². The first-order valence-electron chi connectivity index (χ1n) is 15.2. The number of fused-ring (bicyclic) bond motifs is 2. The van der Waals surface area contributed by atoms with Crippen molar-refractivity contribution in [1.82, 2.24) is 9.80 Å². The standard InChI is InChI=1S/C17H24ClNO4.C17H24ClNO3/c1-17(2,3)23-16(20)19-8-6-7-12-11(10-19)9-13(21-4)15(22-5)14(12)18;1-11-9-12-7-6-8-19(16(20)22-17(2,3)4)10-13(12)14(18)15(11)21-5/h9H,6-8,10H2,1-5H3;9H,6-8,10H2,1-5H3. The van der Waals surface area contributed by atoms with Crippen molar-refractivity contribution >= 4 is 35.4 Å². The van der Waals surface area contributed by atoms with Crippen LogP contribution in [0.1, 0.15) is 82.2 Å². The predicted octanol–water partition coefficient (Wildman–Crippen LogP) is 8.38. The first-order chi connectivity index (χ1) is 21.0. The molecule has 0 saturated carbocycles. The smallest absolute Gasteiger partial charge is 0.410 e. The lowest BCUT2D eigenvalue weighted by molar-refractivity contribution is 0.0226. The van der Waals surface area contributed by atoms with E-state index in [9.17, 15) is 9.59 Å². The largest absolute Gasteiger partial charge is 0.495 e. The van der Waals surface area contributed by atoms with E-state index >= 15 is 0 Å². The molecule has 250 valence electrons. The van der Waals surface area contributed by atoms with Crippen molar-refractivity contribution in [2.75, 3.05) is 34.4 Å². The van der Waals surface area contributed by atoms with Crippen molar-refractivity contribution < 1.29 is 33.3 Å². The Morgan fingerprint density at radius 1 is 0.689 bits per heavy atom. The maximum atomic E-state index is 12.4. The average molecular weight is 668 g/mol.